The first-order chi connectivity index (χ1) is 8.69. The lowest BCUT2D eigenvalue weighted by molar-refractivity contribution is 0.472. The highest BCUT2D eigenvalue weighted by molar-refractivity contribution is 9.10. The van der Waals surface area contributed by atoms with Crippen LogP contribution in [0.15, 0.2) is 41.0 Å². The Labute approximate surface area is 115 Å². The molecule has 0 aliphatic rings. The second-order valence-corrected chi connectivity index (χ2v) is 4.94. The van der Waals surface area contributed by atoms with E-state index in [0.29, 0.717) is 0 Å². The van der Waals surface area contributed by atoms with Gasteiger partial charge >= 0.3 is 0 Å². The molecule has 0 unspecified atom stereocenters. The van der Waals surface area contributed by atoms with Gasteiger partial charge in [0.2, 0.25) is 0 Å². The summed E-state index contributed by atoms with van der Waals surface area (Å²) in [7, 11) is 1.91. The quantitative estimate of drug-likeness (QED) is 0.936. The molecule has 0 bridgehead atoms. The minimum atomic E-state index is 0.733. The van der Waals surface area contributed by atoms with Crippen molar-refractivity contribution < 1.29 is 4.74 Å². The third-order valence-electron chi connectivity index (χ3n) is 2.47. The molecule has 3 nitrogen and oxygen atoms in total. The van der Waals surface area contributed by atoms with Crippen molar-refractivity contribution in [1.82, 2.24) is 10.3 Å². The van der Waals surface area contributed by atoms with Crippen LogP contribution in [0.4, 0.5) is 0 Å². The van der Waals surface area contributed by atoms with E-state index in [2.05, 4.69) is 26.2 Å². The Bertz CT molecular complexity index is 543. The third kappa shape index (κ3) is 3.31. The zero-order chi connectivity index (χ0) is 13.0. The van der Waals surface area contributed by atoms with Crippen LogP contribution in [0.3, 0.4) is 0 Å². The molecule has 1 aromatic carbocycles. The standard InChI is InChI=1S/C14H15BrN2O/c1-10-6-14(11(8-16-2)9-17-10)18-13-5-3-4-12(15)7-13/h3-7,9,16H,8H2,1-2H3. The monoisotopic (exact) mass is 306 g/mol. The Morgan fingerprint density at radius 3 is 2.89 bits per heavy atom. The predicted octanol–water partition coefficient (Wildman–Crippen LogP) is 3.66. The van der Waals surface area contributed by atoms with Crippen molar-refractivity contribution in [3.63, 3.8) is 0 Å². The maximum absolute atomic E-state index is 5.91. The Kier molecular flexibility index (Phi) is 4.33. The van der Waals surface area contributed by atoms with Gasteiger partial charge in [-0.2, -0.15) is 0 Å². The van der Waals surface area contributed by atoms with E-state index in [9.17, 15) is 0 Å². The van der Waals surface area contributed by atoms with Crippen LogP contribution < -0.4 is 10.1 Å². The number of benzene rings is 1. The van der Waals surface area contributed by atoms with Crippen molar-refractivity contribution >= 4 is 15.9 Å². The number of aryl methyl sites for hydroxylation is 1. The van der Waals surface area contributed by atoms with Crippen molar-refractivity contribution in [3.05, 3.63) is 52.3 Å². The molecule has 18 heavy (non-hydrogen) atoms. The van der Waals surface area contributed by atoms with Gasteiger partial charge in [-0.3, -0.25) is 4.98 Å². The summed E-state index contributed by atoms with van der Waals surface area (Å²) >= 11 is 3.43. The van der Waals surface area contributed by atoms with Crippen molar-refractivity contribution in [2.24, 2.45) is 0 Å². The molecule has 2 rings (SSSR count). The summed E-state index contributed by atoms with van der Waals surface area (Å²) < 4.78 is 6.91. The van der Waals surface area contributed by atoms with Crippen LogP contribution in [0.1, 0.15) is 11.3 Å². The van der Waals surface area contributed by atoms with Crippen molar-refractivity contribution in [2.45, 2.75) is 13.5 Å². The molecule has 1 N–H and O–H groups in total. The molecular formula is C14H15BrN2O. The molecule has 0 saturated carbocycles. The third-order valence-corrected chi connectivity index (χ3v) is 2.96. The van der Waals surface area contributed by atoms with Crippen molar-refractivity contribution in [1.29, 1.82) is 0 Å². The number of nitrogens with zero attached hydrogens (tertiary/aromatic N) is 1. The number of nitrogens with one attached hydrogen (secondary N) is 1. The Balaban J connectivity index is 2.29. The van der Waals surface area contributed by atoms with E-state index in [1.54, 1.807) is 0 Å². The second-order valence-electron chi connectivity index (χ2n) is 4.02. The Morgan fingerprint density at radius 2 is 2.17 bits per heavy atom. The van der Waals surface area contributed by atoms with E-state index >= 15 is 0 Å². The van der Waals surface area contributed by atoms with Crippen LogP contribution >= 0.6 is 15.9 Å². The minimum absolute atomic E-state index is 0.733. The zero-order valence-electron chi connectivity index (χ0n) is 10.4. The molecule has 0 radical (unpaired) electrons. The van der Waals surface area contributed by atoms with Gasteiger partial charge in [0.1, 0.15) is 11.5 Å². The fourth-order valence-electron chi connectivity index (χ4n) is 1.64. The summed E-state index contributed by atoms with van der Waals surface area (Å²) in [5.74, 6) is 1.65. The van der Waals surface area contributed by atoms with E-state index < -0.39 is 0 Å². The van der Waals surface area contributed by atoms with E-state index in [4.69, 9.17) is 4.74 Å². The number of hydrogen-bond donors (Lipinski definition) is 1. The van der Waals surface area contributed by atoms with E-state index in [1.165, 1.54) is 0 Å². The molecule has 1 aromatic heterocycles. The number of rotatable bonds is 4. The fraction of sp³-hybridized carbons (Fsp3) is 0.214. The molecule has 1 heterocycles. The van der Waals surface area contributed by atoms with Crippen LogP contribution in [-0.2, 0) is 6.54 Å². The second kappa shape index (κ2) is 5.98. The van der Waals surface area contributed by atoms with E-state index in [0.717, 1.165) is 33.8 Å². The van der Waals surface area contributed by atoms with E-state index in [1.807, 2.05) is 50.5 Å². The van der Waals surface area contributed by atoms with Gasteiger partial charge in [-0.25, -0.2) is 0 Å². The summed E-state index contributed by atoms with van der Waals surface area (Å²) in [4.78, 5) is 4.29. The van der Waals surface area contributed by atoms with Gasteiger partial charge in [0.05, 0.1) is 0 Å². The maximum Gasteiger partial charge on any atom is 0.135 e. The molecule has 4 heteroatoms. The normalized spacial score (nSPS) is 10.4. The Hall–Kier alpha value is -1.39. The lowest BCUT2D eigenvalue weighted by Crippen LogP contribution is -2.07. The minimum Gasteiger partial charge on any atom is -0.457 e. The lowest BCUT2D eigenvalue weighted by atomic mass is 10.2. The predicted molar refractivity (Wildman–Crippen MR) is 76.0 cm³/mol. The smallest absolute Gasteiger partial charge is 0.135 e. The van der Waals surface area contributed by atoms with Crippen LogP contribution in [0.5, 0.6) is 11.5 Å². The lowest BCUT2D eigenvalue weighted by Gasteiger charge is -2.11. The number of halogens is 1. The average Bonchev–Trinajstić information content (AvgIpc) is 2.33. The summed E-state index contributed by atoms with van der Waals surface area (Å²) in [6.07, 6.45) is 1.85. The van der Waals surface area contributed by atoms with Crippen LogP contribution in [-0.4, -0.2) is 12.0 Å². The summed E-state index contributed by atoms with van der Waals surface area (Å²) in [6, 6.07) is 9.75. The topological polar surface area (TPSA) is 34.2 Å². The first-order valence-corrected chi connectivity index (χ1v) is 6.52. The van der Waals surface area contributed by atoms with Gasteiger partial charge in [-0.15, -0.1) is 0 Å². The van der Waals surface area contributed by atoms with Crippen molar-refractivity contribution in [2.75, 3.05) is 7.05 Å². The fourth-order valence-corrected chi connectivity index (χ4v) is 2.02. The molecule has 0 fully saturated rings. The van der Waals surface area contributed by atoms with Crippen molar-refractivity contribution in [3.8, 4) is 11.5 Å². The van der Waals surface area contributed by atoms with Gasteiger partial charge < -0.3 is 10.1 Å². The Morgan fingerprint density at radius 1 is 1.33 bits per heavy atom. The highest BCUT2D eigenvalue weighted by atomic mass is 79.9. The van der Waals surface area contributed by atoms with Crippen LogP contribution in [0.25, 0.3) is 0 Å². The molecular weight excluding hydrogens is 292 g/mol. The summed E-state index contributed by atoms with van der Waals surface area (Å²) in [5, 5.41) is 3.11. The van der Waals surface area contributed by atoms with Crippen LogP contribution in [0, 0.1) is 6.92 Å². The highest BCUT2D eigenvalue weighted by Crippen LogP contribution is 2.27. The molecule has 0 atom stereocenters. The molecule has 0 saturated heterocycles. The summed E-state index contributed by atoms with van der Waals surface area (Å²) in [6.45, 7) is 2.69. The molecule has 0 aliphatic heterocycles. The van der Waals surface area contributed by atoms with E-state index in [-0.39, 0.29) is 0 Å². The van der Waals surface area contributed by atoms with Gasteiger partial charge in [-0.1, -0.05) is 22.0 Å². The number of pyridine rings is 1. The zero-order valence-corrected chi connectivity index (χ0v) is 12.0. The van der Waals surface area contributed by atoms with Crippen LogP contribution in [0.2, 0.25) is 0 Å². The summed E-state index contributed by atoms with van der Waals surface area (Å²) in [5.41, 5.74) is 1.99. The average molecular weight is 307 g/mol. The molecule has 0 amide bonds. The molecule has 0 aliphatic carbocycles. The maximum atomic E-state index is 5.91. The largest absolute Gasteiger partial charge is 0.457 e. The first kappa shape index (κ1) is 13.1. The van der Waals surface area contributed by atoms with Gasteiger partial charge in [0, 0.05) is 34.5 Å². The first-order valence-electron chi connectivity index (χ1n) is 5.72. The number of ether oxygens (including phenoxy) is 1. The SMILES string of the molecule is CNCc1cnc(C)cc1Oc1cccc(Br)c1. The molecule has 0 spiro atoms. The van der Waals surface area contributed by atoms with Gasteiger partial charge in [-0.05, 0) is 32.2 Å². The number of aromatic nitrogens is 1. The van der Waals surface area contributed by atoms with Gasteiger partial charge in [0.15, 0.2) is 0 Å². The van der Waals surface area contributed by atoms with Gasteiger partial charge in [0.25, 0.3) is 0 Å². The number of hydrogen-bond acceptors (Lipinski definition) is 3. The molecule has 2 aromatic rings. The molecule has 94 valence electrons. The highest BCUT2D eigenvalue weighted by Gasteiger charge is 2.06.